The molecule has 0 aliphatic rings. The van der Waals surface area contributed by atoms with Gasteiger partial charge < -0.3 is 5.11 Å². The van der Waals surface area contributed by atoms with Crippen molar-refractivity contribution in [1.82, 2.24) is 10.4 Å². The van der Waals surface area contributed by atoms with Crippen molar-refractivity contribution in [3.05, 3.63) is 71.8 Å². The van der Waals surface area contributed by atoms with Crippen molar-refractivity contribution < 1.29 is 14.7 Å². The number of hydrogen-bond acceptors (Lipinski definition) is 3. The second kappa shape index (κ2) is 7.21. The zero-order valence-electron chi connectivity index (χ0n) is 11.4. The van der Waals surface area contributed by atoms with Crippen LogP contribution in [0, 0.1) is 0 Å². The summed E-state index contributed by atoms with van der Waals surface area (Å²) in [5.41, 5.74) is 3.41. The Kier molecular flexibility index (Phi) is 5.06. The second-order valence-corrected chi connectivity index (χ2v) is 4.35. The van der Waals surface area contributed by atoms with Gasteiger partial charge in [0.15, 0.2) is 0 Å². The minimum Gasteiger partial charge on any atom is -0.394 e. The van der Waals surface area contributed by atoms with Gasteiger partial charge in [-0.25, -0.2) is 5.01 Å². The van der Waals surface area contributed by atoms with Crippen molar-refractivity contribution in [2.24, 2.45) is 0 Å². The molecule has 0 saturated heterocycles. The first-order valence-electron chi connectivity index (χ1n) is 6.56. The van der Waals surface area contributed by atoms with E-state index in [0.717, 1.165) is 5.01 Å². The number of carbonyl (C=O) groups is 2. The van der Waals surface area contributed by atoms with Gasteiger partial charge in [0.05, 0.1) is 13.2 Å². The number of amides is 2. The Hall–Kier alpha value is -2.66. The fourth-order valence-corrected chi connectivity index (χ4v) is 1.82. The molecule has 2 amide bonds. The topological polar surface area (TPSA) is 69.6 Å². The van der Waals surface area contributed by atoms with Crippen LogP contribution in [0.4, 0.5) is 0 Å². The van der Waals surface area contributed by atoms with Crippen LogP contribution >= 0.6 is 0 Å². The lowest BCUT2D eigenvalue weighted by Gasteiger charge is -2.22. The summed E-state index contributed by atoms with van der Waals surface area (Å²) in [6.45, 7) is -0.222. The summed E-state index contributed by atoms with van der Waals surface area (Å²) in [6.07, 6.45) is 0. The molecule has 0 bridgehead atoms. The van der Waals surface area contributed by atoms with Crippen LogP contribution in [0.5, 0.6) is 0 Å². The molecule has 0 heterocycles. The van der Waals surface area contributed by atoms with E-state index in [1.54, 1.807) is 60.7 Å². The first-order valence-corrected chi connectivity index (χ1v) is 6.56. The maximum Gasteiger partial charge on any atom is 0.272 e. The Morgan fingerprint density at radius 2 is 1.43 bits per heavy atom. The van der Waals surface area contributed by atoms with Crippen LogP contribution < -0.4 is 5.43 Å². The zero-order valence-corrected chi connectivity index (χ0v) is 11.4. The first-order chi connectivity index (χ1) is 10.2. The average molecular weight is 284 g/mol. The standard InChI is InChI=1S/C16H16N2O3/c19-12-11-18(16(21)14-9-5-2-6-10-14)17-15(20)13-7-3-1-4-8-13/h1-10,19H,11-12H2,(H,17,20). The minimum absolute atomic E-state index is 0.0201. The van der Waals surface area contributed by atoms with E-state index in [0.29, 0.717) is 11.1 Å². The summed E-state index contributed by atoms with van der Waals surface area (Å²) in [7, 11) is 0. The summed E-state index contributed by atoms with van der Waals surface area (Å²) < 4.78 is 0. The molecule has 0 spiro atoms. The van der Waals surface area contributed by atoms with Crippen molar-refractivity contribution in [2.75, 3.05) is 13.2 Å². The molecular weight excluding hydrogens is 268 g/mol. The van der Waals surface area contributed by atoms with E-state index in [2.05, 4.69) is 5.43 Å². The molecule has 2 N–H and O–H groups in total. The van der Waals surface area contributed by atoms with Gasteiger partial charge in [0.1, 0.15) is 0 Å². The maximum absolute atomic E-state index is 12.3. The van der Waals surface area contributed by atoms with Crippen molar-refractivity contribution >= 4 is 11.8 Å². The molecule has 0 aromatic heterocycles. The smallest absolute Gasteiger partial charge is 0.272 e. The number of benzene rings is 2. The summed E-state index contributed by atoms with van der Waals surface area (Å²) in [5.74, 6) is -0.762. The monoisotopic (exact) mass is 284 g/mol. The molecule has 5 heteroatoms. The Morgan fingerprint density at radius 1 is 0.905 bits per heavy atom. The lowest BCUT2D eigenvalue weighted by molar-refractivity contribution is 0.0544. The molecule has 5 nitrogen and oxygen atoms in total. The SMILES string of the molecule is O=C(NN(CCO)C(=O)c1ccccc1)c1ccccc1. The summed E-state index contributed by atoms with van der Waals surface area (Å²) in [5, 5.41) is 10.2. The van der Waals surface area contributed by atoms with E-state index in [4.69, 9.17) is 5.11 Å². The largest absolute Gasteiger partial charge is 0.394 e. The highest BCUT2D eigenvalue weighted by Gasteiger charge is 2.18. The van der Waals surface area contributed by atoms with Crippen LogP contribution in [0.1, 0.15) is 20.7 Å². The van der Waals surface area contributed by atoms with E-state index in [-0.39, 0.29) is 19.1 Å². The van der Waals surface area contributed by atoms with Gasteiger partial charge in [0.25, 0.3) is 11.8 Å². The highest BCUT2D eigenvalue weighted by atomic mass is 16.3. The number of aliphatic hydroxyl groups is 1. The molecule has 2 aromatic rings. The molecule has 0 fully saturated rings. The Bertz CT molecular complexity index is 599. The van der Waals surface area contributed by atoms with Crippen LogP contribution in [0.15, 0.2) is 60.7 Å². The van der Waals surface area contributed by atoms with Crippen LogP contribution in [-0.2, 0) is 0 Å². The first kappa shape index (κ1) is 14.7. The van der Waals surface area contributed by atoms with Gasteiger partial charge in [-0.2, -0.15) is 0 Å². The molecule has 108 valence electrons. The maximum atomic E-state index is 12.3. The van der Waals surface area contributed by atoms with E-state index < -0.39 is 5.91 Å². The average Bonchev–Trinajstić information content (AvgIpc) is 2.55. The van der Waals surface area contributed by atoms with Crippen LogP contribution in [-0.4, -0.2) is 35.1 Å². The highest BCUT2D eigenvalue weighted by molar-refractivity contribution is 5.99. The second-order valence-electron chi connectivity index (χ2n) is 4.35. The Morgan fingerprint density at radius 3 is 1.95 bits per heavy atom. The van der Waals surface area contributed by atoms with E-state index in [1.807, 2.05) is 0 Å². The van der Waals surface area contributed by atoms with E-state index in [1.165, 1.54) is 0 Å². The number of hydrogen-bond donors (Lipinski definition) is 2. The number of rotatable bonds is 4. The highest BCUT2D eigenvalue weighted by Crippen LogP contribution is 2.04. The molecule has 0 radical (unpaired) electrons. The molecule has 0 unspecified atom stereocenters. The molecule has 2 rings (SSSR count). The fraction of sp³-hybridized carbons (Fsp3) is 0.125. The normalized spacial score (nSPS) is 9.95. The number of hydrazine groups is 1. The quantitative estimate of drug-likeness (QED) is 0.835. The lowest BCUT2D eigenvalue weighted by Crippen LogP contribution is -2.47. The third kappa shape index (κ3) is 3.90. The molecule has 2 aromatic carbocycles. The number of carbonyl (C=O) groups excluding carboxylic acids is 2. The van der Waals surface area contributed by atoms with Gasteiger partial charge in [-0.3, -0.25) is 15.0 Å². The molecular formula is C16H16N2O3. The van der Waals surface area contributed by atoms with E-state index in [9.17, 15) is 9.59 Å². The third-order valence-electron chi connectivity index (χ3n) is 2.86. The van der Waals surface area contributed by atoms with Crippen molar-refractivity contribution in [3.63, 3.8) is 0 Å². The lowest BCUT2D eigenvalue weighted by atomic mass is 10.2. The van der Waals surface area contributed by atoms with Crippen molar-refractivity contribution in [1.29, 1.82) is 0 Å². The fourth-order valence-electron chi connectivity index (χ4n) is 1.82. The van der Waals surface area contributed by atoms with Crippen molar-refractivity contribution in [2.45, 2.75) is 0 Å². The summed E-state index contributed by atoms with van der Waals surface area (Å²) in [4.78, 5) is 24.4. The molecule has 21 heavy (non-hydrogen) atoms. The molecule has 0 aliphatic carbocycles. The van der Waals surface area contributed by atoms with Crippen LogP contribution in [0.2, 0.25) is 0 Å². The molecule has 0 aliphatic heterocycles. The number of nitrogens with one attached hydrogen (secondary N) is 1. The molecule has 0 atom stereocenters. The van der Waals surface area contributed by atoms with Gasteiger partial charge in [-0.1, -0.05) is 36.4 Å². The van der Waals surface area contributed by atoms with Gasteiger partial charge in [-0.05, 0) is 24.3 Å². The predicted molar refractivity (Wildman–Crippen MR) is 78.5 cm³/mol. The van der Waals surface area contributed by atoms with E-state index >= 15 is 0 Å². The Labute approximate surface area is 122 Å². The molecule has 0 saturated carbocycles. The number of nitrogens with zero attached hydrogens (tertiary/aromatic N) is 1. The third-order valence-corrected chi connectivity index (χ3v) is 2.86. The van der Waals surface area contributed by atoms with Gasteiger partial charge in [0.2, 0.25) is 0 Å². The summed E-state index contributed by atoms with van der Waals surface area (Å²) >= 11 is 0. The number of aliphatic hydroxyl groups excluding tert-OH is 1. The summed E-state index contributed by atoms with van der Waals surface area (Å²) in [6, 6.07) is 17.2. The van der Waals surface area contributed by atoms with Crippen LogP contribution in [0.25, 0.3) is 0 Å². The zero-order chi connectivity index (χ0) is 15.1. The Balaban J connectivity index is 2.12. The van der Waals surface area contributed by atoms with Crippen molar-refractivity contribution in [3.8, 4) is 0 Å². The van der Waals surface area contributed by atoms with Gasteiger partial charge in [0, 0.05) is 11.1 Å². The predicted octanol–water partition coefficient (Wildman–Crippen LogP) is 1.47. The minimum atomic E-state index is -0.395. The van der Waals surface area contributed by atoms with Gasteiger partial charge >= 0.3 is 0 Å². The van der Waals surface area contributed by atoms with Gasteiger partial charge in [-0.15, -0.1) is 0 Å². The van der Waals surface area contributed by atoms with Crippen LogP contribution in [0.3, 0.4) is 0 Å².